The Balaban J connectivity index is 1.34. The van der Waals surface area contributed by atoms with E-state index in [2.05, 4.69) is 30.7 Å². The molecule has 0 bridgehead atoms. The van der Waals surface area contributed by atoms with Crippen molar-refractivity contribution < 1.29 is 36.2 Å². The number of halogens is 1. The molecule has 52 heavy (non-hydrogen) atoms. The molecule has 0 atom stereocenters. The zero-order chi connectivity index (χ0) is 37.2. The van der Waals surface area contributed by atoms with Crippen molar-refractivity contribution in [3.05, 3.63) is 114 Å². The Labute approximate surface area is 300 Å². The Hall–Kier alpha value is -6.11. The minimum Gasteiger partial charge on any atom is -0.508 e. The summed E-state index contributed by atoms with van der Waals surface area (Å²) < 4.78 is 69.5. The molecular formula is C34H24ClN7O8S2. The predicted octanol–water partition coefficient (Wildman–Crippen LogP) is 9.89. The topological polar surface area (TPSA) is 249 Å². The van der Waals surface area contributed by atoms with Gasteiger partial charge in [0.15, 0.2) is 5.75 Å². The van der Waals surface area contributed by atoms with E-state index < -0.39 is 52.8 Å². The van der Waals surface area contributed by atoms with Gasteiger partial charge in [-0.15, -0.1) is 15.3 Å². The maximum Gasteiger partial charge on any atom is 0.296 e. The maximum atomic E-state index is 12.4. The van der Waals surface area contributed by atoms with Crippen LogP contribution in [0.3, 0.4) is 0 Å². The fourth-order valence-corrected chi connectivity index (χ4v) is 6.43. The lowest BCUT2D eigenvalue weighted by Gasteiger charge is -2.14. The summed E-state index contributed by atoms with van der Waals surface area (Å²) in [5, 5.41) is 44.3. The van der Waals surface area contributed by atoms with Crippen molar-refractivity contribution in [2.45, 2.75) is 9.79 Å². The van der Waals surface area contributed by atoms with E-state index in [0.29, 0.717) is 11.4 Å². The van der Waals surface area contributed by atoms with Crippen molar-refractivity contribution in [3.8, 4) is 22.6 Å². The molecule has 6 aromatic carbocycles. The molecule has 0 fully saturated rings. The third-order valence-corrected chi connectivity index (χ3v) is 9.50. The van der Waals surface area contributed by atoms with Gasteiger partial charge in [-0.05, 0) is 89.3 Å². The Morgan fingerprint density at radius 2 is 1.00 bits per heavy atom. The fourth-order valence-electron chi connectivity index (χ4n) is 4.92. The molecule has 18 heteroatoms. The molecule has 0 amide bonds. The highest BCUT2D eigenvalue weighted by Gasteiger charge is 2.28. The molecule has 6 aromatic rings. The van der Waals surface area contributed by atoms with Crippen molar-refractivity contribution in [1.29, 1.82) is 0 Å². The average molecular weight is 758 g/mol. The normalized spacial score (nSPS) is 12.4. The number of nitrogen functional groups attached to an aromatic ring is 1. The molecule has 6 rings (SSSR count). The number of nitrogens with zero attached hydrogens (tertiary/aromatic N) is 6. The van der Waals surface area contributed by atoms with Crippen LogP contribution in [0.15, 0.2) is 150 Å². The van der Waals surface area contributed by atoms with Crippen molar-refractivity contribution in [2.75, 3.05) is 5.73 Å². The van der Waals surface area contributed by atoms with Crippen LogP contribution in [0.2, 0.25) is 5.02 Å². The quantitative estimate of drug-likeness (QED) is 0.0533. The van der Waals surface area contributed by atoms with Gasteiger partial charge in [-0.3, -0.25) is 9.11 Å². The number of fused-ring (bicyclic) bond motifs is 1. The lowest BCUT2D eigenvalue weighted by Crippen LogP contribution is -2.03. The van der Waals surface area contributed by atoms with Gasteiger partial charge in [0, 0.05) is 0 Å². The van der Waals surface area contributed by atoms with Crippen LogP contribution in [0, 0.1) is 0 Å². The van der Waals surface area contributed by atoms with Crippen LogP contribution in [0.4, 0.5) is 39.8 Å². The third-order valence-electron chi connectivity index (χ3n) is 7.44. The Morgan fingerprint density at radius 3 is 1.50 bits per heavy atom. The van der Waals surface area contributed by atoms with Crippen molar-refractivity contribution in [1.82, 2.24) is 0 Å². The number of aromatic hydroxyl groups is 2. The molecule has 0 unspecified atom stereocenters. The maximum absolute atomic E-state index is 12.4. The number of phenols is 2. The van der Waals surface area contributed by atoms with E-state index in [1.807, 2.05) is 12.1 Å². The predicted molar refractivity (Wildman–Crippen MR) is 194 cm³/mol. The van der Waals surface area contributed by atoms with Crippen LogP contribution in [0.25, 0.3) is 21.9 Å². The first kappa shape index (κ1) is 35.7. The second kappa shape index (κ2) is 14.3. The van der Waals surface area contributed by atoms with Crippen LogP contribution >= 0.6 is 11.6 Å². The summed E-state index contributed by atoms with van der Waals surface area (Å²) >= 11 is 6.12. The molecule has 0 saturated heterocycles. The number of hydrogen-bond acceptors (Lipinski definition) is 13. The Bertz CT molecular complexity index is 2650. The average Bonchev–Trinajstić information content (AvgIpc) is 3.10. The van der Waals surface area contributed by atoms with Crippen molar-refractivity contribution >= 4 is 82.4 Å². The van der Waals surface area contributed by atoms with Gasteiger partial charge < -0.3 is 15.9 Å². The van der Waals surface area contributed by atoms with Gasteiger partial charge in [-0.25, -0.2) is 0 Å². The second-order valence-corrected chi connectivity index (χ2v) is 14.1. The van der Waals surface area contributed by atoms with E-state index >= 15 is 0 Å². The summed E-state index contributed by atoms with van der Waals surface area (Å²) in [6.07, 6.45) is 0. The van der Waals surface area contributed by atoms with Crippen LogP contribution in [-0.2, 0) is 20.2 Å². The first-order valence-electron chi connectivity index (χ1n) is 14.8. The number of phenolic OH excluding ortho intramolecular Hbond substituents is 2. The summed E-state index contributed by atoms with van der Waals surface area (Å²) in [6, 6.07) is 27.9. The second-order valence-electron chi connectivity index (χ2n) is 10.9. The van der Waals surface area contributed by atoms with Crippen LogP contribution in [0.1, 0.15) is 0 Å². The van der Waals surface area contributed by atoms with E-state index in [4.69, 9.17) is 17.3 Å². The van der Waals surface area contributed by atoms with E-state index in [1.165, 1.54) is 24.3 Å². The summed E-state index contributed by atoms with van der Waals surface area (Å²) in [5.41, 5.74) is 7.58. The van der Waals surface area contributed by atoms with Gasteiger partial charge in [-0.1, -0.05) is 48.0 Å². The van der Waals surface area contributed by atoms with E-state index in [-0.39, 0.29) is 32.9 Å². The summed E-state index contributed by atoms with van der Waals surface area (Å²) in [5.74, 6) is -0.763. The minimum absolute atomic E-state index is 0.124. The van der Waals surface area contributed by atoms with Crippen LogP contribution in [-0.4, -0.2) is 36.2 Å². The number of nitrogens with two attached hydrogens (primary N) is 1. The molecule has 0 aliphatic rings. The first-order valence-corrected chi connectivity index (χ1v) is 18.0. The smallest absolute Gasteiger partial charge is 0.296 e. The third kappa shape index (κ3) is 7.78. The molecule has 262 valence electrons. The fraction of sp³-hybridized carbons (Fsp3) is 0. The lowest BCUT2D eigenvalue weighted by molar-refractivity contribution is 0.472. The molecule has 0 heterocycles. The molecule has 0 aromatic heterocycles. The molecule has 0 aliphatic heterocycles. The minimum atomic E-state index is -5.09. The van der Waals surface area contributed by atoms with Gasteiger partial charge in [-0.2, -0.15) is 32.2 Å². The summed E-state index contributed by atoms with van der Waals surface area (Å²) in [4.78, 5) is -1.79. The molecule has 0 radical (unpaired) electrons. The van der Waals surface area contributed by atoms with Gasteiger partial charge in [0.25, 0.3) is 20.2 Å². The van der Waals surface area contributed by atoms with Gasteiger partial charge in [0.1, 0.15) is 32.6 Å². The zero-order valence-electron chi connectivity index (χ0n) is 26.3. The monoisotopic (exact) mass is 757 g/mol. The molecule has 0 saturated carbocycles. The largest absolute Gasteiger partial charge is 0.508 e. The number of azo groups is 3. The standard InChI is InChI=1S/C34H24ClN7O8S2/c35-26-3-1-2-4-27(26)40-41-32-28(51(45,46)47)17-21-18-29(52(48,49)50)33(34(44)30(21)31(32)36)42-39-23-11-7-20(8-12-23)19-5-9-22(10-6-19)37-38-24-13-15-25(43)16-14-24/h1-18,43-44H,36H2,(H,45,46,47)(H,48,49,50). The van der Waals surface area contributed by atoms with Crippen LogP contribution < -0.4 is 5.73 Å². The highest BCUT2D eigenvalue weighted by molar-refractivity contribution is 7.86. The summed E-state index contributed by atoms with van der Waals surface area (Å²) in [6.45, 7) is 0. The molecule has 0 spiro atoms. The van der Waals surface area contributed by atoms with Crippen molar-refractivity contribution in [3.63, 3.8) is 0 Å². The van der Waals surface area contributed by atoms with Gasteiger partial charge in [0.2, 0.25) is 0 Å². The lowest BCUT2D eigenvalue weighted by atomic mass is 10.0. The number of anilines is 1. The van der Waals surface area contributed by atoms with Gasteiger partial charge in [0.05, 0.1) is 33.2 Å². The van der Waals surface area contributed by atoms with E-state index in [1.54, 1.807) is 60.7 Å². The Kier molecular flexibility index (Phi) is 9.79. The molecule has 0 aliphatic carbocycles. The van der Waals surface area contributed by atoms with Crippen molar-refractivity contribution in [2.24, 2.45) is 30.7 Å². The van der Waals surface area contributed by atoms with E-state index in [9.17, 15) is 36.2 Å². The molecular weight excluding hydrogens is 734 g/mol. The highest BCUT2D eigenvalue weighted by Crippen LogP contribution is 2.48. The Morgan fingerprint density at radius 1 is 0.558 bits per heavy atom. The van der Waals surface area contributed by atoms with Crippen LogP contribution in [0.5, 0.6) is 11.5 Å². The SMILES string of the molecule is Nc1c(N=Nc2ccccc2Cl)c(S(=O)(=O)O)cc2cc(S(=O)(=O)O)c(N=Nc3ccc(-c4ccc(N=Nc5ccc(O)cc5)cc4)cc3)c(O)c12. The zero-order valence-corrected chi connectivity index (χ0v) is 28.7. The summed E-state index contributed by atoms with van der Waals surface area (Å²) in [7, 11) is -10.1. The molecule has 15 nitrogen and oxygen atoms in total. The number of hydrogen-bond donors (Lipinski definition) is 5. The number of benzene rings is 6. The van der Waals surface area contributed by atoms with Gasteiger partial charge >= 0.3 is 0 Å². The molecule has 6 N–H and O–H groups in total. The first-order chi connectivity index (χ1) is 24.7. The van der Waals surface area contributed by atoms with E-state index in [0.717, 1.165) is 23.3 Å². The highest BCUT2D eigenvalue weighted by atomic mass is 35.5. The number of rotatable bonds is 9.